The highest BCUT2D eigenvalue weighted by Crippen LogP contribution is 2.18. The van der Waals surface area contributed by atoms with Gasteiger partial charge in [-0.05, 0) is 36.8 Å². The van der Waals surface area contributed by atoms with Gasteiger partial charge in [0.1, 0.15) is 5.60 Å². The van der Waals surface area contributed by atoms with Gasteiger partial charge in [0.2, 0.25) is 0 Å². The van der Waals surface area contributed by atoms with Crippen molar-refractivity contribution in [3.05, 3.63) is 46.1 Å². The number of halogens is 1. The summed E-state index contributed by atoms with van der Waals surface area (Å²) in [7, 11) is 0. The van der Waals surface area contributed by atoms with Crippen molar-refractivity contribution < 1.29 is 9.53 Å². The molecule has 0 radical (unpaired) electrons. The molecule has 0 aliphatic carbocycles. The standard InChI is InChI=1S/C15H20INO2/c1-15(2,3)19-14(18)17-13(10-7-11-16)12-8-5-4-6-9-12/h4-9,11,13H,10H2,1-3H3,(H,17,18)/b11-7-/t13-/m1/s1. The van der Waals surface area contributed by atoms with Crippen LogP contribution in [0, 0.1) is 0 Å². The average Bonchev–Trinajstić information content (AvgIpc) is 2.33. The van der Waals surface area contributed by atoms with Gasteiger partial charge in [0.15, 0.2) is 0 Å². The molecule has 1 aromatic carbocycles. The Morgan fingerprint density at radius 1 is 1.37 bits per heavy atom. The van der Waals surface area contributed by atoms with E-state index in [4.69, 9.17) is 4.74 Å². The first-order valence-electron chi connectivity index (χ1n) is 6.22. The molecule has 0 saturated heterocycles. The summed E-state index contributed by atoms with van der Waals surface area (Å²) < 4.78 is 7.24. The Morgan fingerprint density at radius 2 is 2.00 bits per heavy atom. The van der Waals surface area contributed by atoms with Crippen LogP contribution in [0.2, 0.25) is 0 Å². The van der Waals surface area contributed by atoms with Crippen molar-refractivity contribution in [1.29, 1.82) is 0 Å². The molecule has 0 unspecified atom stereocenters. The molecule has 0 spiro atoms. The van der Waals surface area contributed by atoms with E-state index in [2.05, 4.69) is 27.9 Å². The lowest BCUT2D eigenvalue weighted by molar-refractivity contribution is 0.0504. The van der Waals surface area contributed by atoms with Crippen molar-refractivity contribution in [2.45, 2.75) is 38.8 Å². The van der Waals surface area contributed by atoms with Gasteiger partial charge in [0.25, 0.3) is 0 Å². The van der Waals surface area contributed by atoms with Crippen LogP contribution in [0.25, 0.3) is 0 Å². The first-order valence-corrected chi connectivity index (χ1v) is 7.46. The molecule has 0 saturated carbocycles. The van der Waals surface area contributed by atoms with Gasteiger partial charge in [0.05, 0.1) is 6.04 Å². The first kappa shape index (κ1) is 16.0. The lowest BCUT2D eigenvalue weighted by Gasteiger charge is -2.23. The van der Waals surface area contributed by atoms with Gasteiger partial charge in [-0.15, -0.1) is 0 Å². The normalized spacial score (nSPS) is 13.3. The fraction of sp³-hybridized carbons (Fsp3) is 0.400. The van der Waals surface area contributed by atoms with Crippen LogP contribution in [0.4, 0.5) is 4.79 Å². The third-order valence-electron chi connectivity index (χ3n) is 2.35. The van der Waals surface area contributed by atoms with Crippen molar-refractivity contribution in [3.8, 4) is 0 Å². The predicted molar refractivity (Wildman–Crippen MR) is 86.3 cm³/mol. The second-order valence-corrected chi connectivity index (χ2v) is 5.93. The minimum Gasteiger partial charge on any atom is -0.444 e. The highest BCUT2D eigenvalue weighted by molar-refractivity contribution is 14.1. The molecule has 4 heteroatoms. The number of carbonyl (C=O) groups is 1. The molecule has 0 fully saturated rings. The van der Waals surface area contributed by atoms with Crippen molar-refractivity contribution in [2.24, 2.45) is 0 Å². The summed E-state index contributed by atoms with van der Waals surface area (Å²) in [6, 6.07) is 9.83. The minimum absolute atomic E-state index is 0.0675. The molecule has 1 amide bonds. The minimum atomic E-state index is -0.482. The fourth-order valence-electron chi connectivity index (χ4n) is 1.60. The second kappa shape index (κ2) is 7.53. The Labute approximate surface area is 128 Å². The summed E-state index contributed by atoms with van der Waals surface area (Å²) in [6.07, 6.45) is 2.38. The van der Waals surface area contributed by atoms with E-state index in [1.54, 1.807) is 0 Å². The molecule has 19 heavy (non-hydrogen) atoms. The van der Waals surface area contributed by atoms with E-state index in [9.17, 15) is 4.79 Å². The van der Waals surface area contributed by atoms with Gasteiger partial charge in [-0.3, -0.25) is 0 Å². The summed E-state index contributed by atoms with van der Waals surface area (Å²) >= 11 is 2.17. The van der Waals surface area contributed by atoms with Gasteiger partial charge < -0.3 is 10.1 Å². The SMILES string of the molecule is CC(C)(C)OC(=O)N[C@H](C/C=C\I)c1ccccc1. The molecule has 0 bridgehead atoms. The van der Waals surface area contributed by atoms with Crippen LogP contribution in [0.3, 0.4) is 0 Å². The maximum absolute atomic E-state index is 11.8. The number of benzene rings is 1. The quantitative estimate of drug-likeness (QED) is 0.784. The van der Waals surface area contributed by atoms with Gasteiger partial charge in [-0.25, -0.2) is 4.79 Å². The summed E-state index contributed by atoms with van der Waals surface area (Å²) in [6.45, 7) is 5.57. The summed E-state index contributed by atoms with van der Waals surface area (Å²) in [5.41, 5.74) is 0.590. The second-order valence-electron chi connectivity index (χ2n) is 5.21. The number of hydrogen-bond acceptors (Lipinski definition) is 2. The fourth-order valence-corrected chi connectivity index (χ4v) is 1.89. The molecule has 0 aromatic heterocycles. The number of alkyl carbamates (subject to hydrolysis) is 1. The maximum Gasteiger partial charge on any atom is 0.408 e. The van der Waals surface area contributed by atoms with E-state index < -0.39 is 5.60 Å². The molecule has 1 rings (SSSR count). The summed E-state index contributed by atoms with van der Waals surface area (Å²) in [5, 5.41) is 2.91. The van der Waals surface area contributed by atoms with Crippen LogP contribution in [0.15, 0.2) is 40.5 Å². The van der Waals surface area contributed by atoms with Crippen molar-refractivity contribution >= 4 is 28.7 Å². The molecule has 0 heterocycles. The van der Waals surface area contributed by atoms with E-state index in [0.717, 1.165) is 12.0 Å². The van der Waals surface area contributed by atoms with E-state index in [-0.39, 0.29) is 12.1 Å². The van der Waals surface area contributed by atoms with Gasteiger partial charge >= 0.3 is 6.09 Å². The van der Waals surface area contributed by atoms with Crippen LogP contribution < -0.4 is 5.32 Å². The number of amides is 1. The lowest BCUT2D eigenvalue weighted by atomic mass is 10.0. The molecule has 1 aromatic rings. The van der Waals surface area contributed by atoms with Crippen LogP contribution in [-0.2, 0) is 4.74 Å². The number of nitrogens with one attached hydrogen (secondary N) is 1. The Hall–Kier alpha value is -1.04. The summed E-state index contributed by atoms with van der Waals surface area (Å²) in [4.78, 5) is 11.8. The highest BCUT2D eigenvalue weighted by Gasteiger charge is 2.19. The highest BCUT2D eigenvalue weighted by atomic mass is 127. The molecule has 1 atom stereocenters. The molecule has 0 aliphatic heterocycles. The van der Waals surface area contributed by atoms with Crippen LogP contribution in [-0.4, -0.2) is 11.7 Å². The average molecular weight is 373 g/mol. The number of hydrogen-bond donors (Lipinski definition) is 1. The zero-order valence-electron chi connectivity index (χ0n) is 11.5. The van der Waals surface area contributed by atoms with Crippen molar-refractivity contribution in [3.63, 3.8) is 0 Å². The van der Waals surface area contributed by atoms with Gasteiger partial charge in [-0.2, -0.15) is 0 Å². The molecule has 3 nitrogen and oxygen atoms in total. The Kier molecular flexibility index (Phi) is 6.34. The smallest absolute Gasteiger partial charge is 0.408 e. The Balaban J connectivity index is 2.73. The lowest BCUT2D eigenvalue weighted by Crippen LogP contribution is -2.34. The third kappa shape index (κ3) is 6.61. The van der Waals surface area contributed by atoms with Gasteiger partial charge in [-0.1, -0.05) is 59.0 Å². The molecular weight excluding hydrogens is 353 g/mol. The molecule has 1 N–H and O–H groups in total. The molecule has 0 aliphatic rings. The van der Waals surface area contributed by atoms with Crippen molar-refractivity contribution in [2.75, 3.05) is 0 Å². The molecule has 104 valence electrons. The van der Waals surface area contributed by atoms with E-state index in [0.29, 0.717) is 0 Å². The maximum atomic E-state index is 11.8. The van der Waals surface area contributed by atoms with Crippen LogP contribution >= 0.6 is 22.6 Å². The van der Waals surface area contributed by atoms with Gasteiger partial charge in [0, 0.05) is 0 Å². The largest absolute Gasteiger partial charge is 0.444 e. The van der Waals surface area contributed by atoms with Crippen LogP contribution in [0.5, 0.6) is 0 Å². The third-order valence-corrected chi connectivity index (χ3v) is 2.86. The number of rotatable bonds is 4. The summed E-state index contributed by atoms with van der Waals surface area (Å²) in [5.74, 6) is 0. The monoisotopic (exact) mass is 373 g/mol. The number of carbonyl (C=O) groups excluding carboxylic acids is 1. The predicted octanol–water partition coefficient (Wildman–Crippen LogP) is 4.59. The topological polar surface area (TPSA) is 38.3 Å². The molecular formula is C15H20INO2. The zero-order chi connectivity index (χ0) is 14.3. The number of ether oxygens (including phenoxy) is 1. The van der Waals surface area contributed by atoms with E-state index >= 15 is 0 Å². The van der Waals surface area contributed by atoms with E-state index in [1.165, 1.54) is 0 Å². The zero-order valence-corrected chi connectivity index (χ0v) is 13.7. The Bertz CT molecular complexity index is 424. The van der Waals surface area contributed by atoms with Crippen LogP contribution in [0.1, 0.15) is 38.8 Å². The van der Waals surface area contributed by atoms with Crippen molar-refractivity contribution in [1.82, 2.24) is 5.32 Å². The van der Waals surface area contributed by atoms with E-state index in [1.807, 2.05) is 61.3 Å². The Morgan fingerprint density at radius 3 is 2.53 bits per heavy atom. The first-order chi connectivity index (χ1) is 8.92.